The quantitative estimate of drug-likeness (QED) is 0.146. The van der Waals surface area contributed by atoms with Crippen molar-refractivity contribution in [1.82, 2.24) is 19.9 Å². The normalized spacial score (nSPS) is 16.8. The standard InChI is InChI=1S/C57H44N4/c1-4-12-40(13-5-1)41-22-26-43(27-23-41)51-36-53(60-55(58-51)45-14-6-2-7-15-45)48-19-10-18-47(34-48)42-24-28-44(29-25-42)52-37-54(61-56(59-52)46-16-8-3-9-17-46)49-20-11-21-50(35-49)57-32-30-39(38-57)31-33-57/h1-29,34-37,39H,30-33,38H2. The third kappa shape index (κ3) is 7.36. The minimum atomic E-state index is 0.334. The molecule has 0 spiro atoms. The molecule has 2 heterocycles. The van der Waals surface area contributed by atoms with E-state index < -0.39 is 0 Å². The molecule has 2 aliphatic carbocycles. The first kappa shape index (κ1) is 36.8. The molecule has 0 radical (unpaired) electrons. The van der Waals surface area contributed by atoms with E-state index in [2.05, 4.69) is 170 Å². The predicted molar refractivity (Wildman–Crippen MR) is 249 cm³/mol. The van der Waals surface area contributed by atoms with Gasteiger partial charge < -0.3 is 0 Å². The van der Waals surface area contributed by atoms with Crippen LogP contribution in [0.3, 0.4) is 0 Å². The Kier molecular flexibility index (Phi) is 9.46. The summed E-state index contributed by atoms with van der Waals surface area (Å²) in [4.78, 5) is 20.5. The lowest BCUT2D eigenvalue weighted by molar-refractivity contribution is 0.419. The molecule has 2 bridgehead atoms. The maximum Gasteiger partial charge on any atom is 0.160 e. The molecule has 9 aromatic rings. The lowest BCUT2D eigenvalue weighted by Crippen LogP contribution is -2.19. The second-order valence-electron chi connectivity index (χ2n) is 16.8. The summed E-state index contributed by atoms with van der Waals surface area (Å²) in [5.41, 5.74) is 16.3. The Morgan fingerprint density at radius 3 is 1.18 bits per heavy atom. The number of fused-ring (bicyclic) bond motifs is 2. The predicted octanol–water partition coefficient (Wildman–Crippen LogP) is 14.4. The highest BCUT2D eigenvalue weighted by atomic mass is 14.9. The van der Waals surface area contributed by atoms with E-state index >= 15 is 0 Å². The average Bonchev–Trinajstić information content (AvgIpc) is 3.98. The van der Waals surface area contributed by atoms with E-state index in [4.69, 9.17) is 19.9 Å². The van der Waals surface area contributed by atoms with Crippen LogP contribution in [-0.4, -0.2) is 19.9 Å². The van der Waals surface area contributed by atoms with E-state index in [0.717, 1.165) is 79.0 Å². The van der Waals surface area contributed by atoms with Crippen molar-refractivity contribution in [3.8, 4) is 90.1 Å². The van der Waals surface area contributed by atoms with Crippen LogP contribution >= 0.6 is 0 Å². The van der Waals surface area contributed by atoms with E-state index in [9.17, 15) is 0 Å². The number of hydrogen-bond donors (Lipinski definition) is 0. The first-order valence-electron chi connectivity index (χ1n) is 21.5. The average molecular weight is 785 g/mol. The SMILES string of the molecule is c1ccc(-c2ccc(-c3cc(-c4cccc(-c5ccc(-c6cc(-c7cccc(C89CCC(CC8)C9)c7)nc(-c7ccccc7)n6)cc5)c4)nc(-c4ccccc4)n3)cc2)cc1. The van der Waals surface area contributed by atoms with Gasteiger partial charge in [0.25, 0.3) is 0 Å². The minimum absolute atomic E-state index is 0.334. The van der Waals surface area contributed by atoms with Gasteiger partial charge in [-0.05, 0) is 95.5 Å². The first-order chi connectivity index (χ1) is 30.1. The Hall–Kier alpha value is -7.30. The van der Waals surface area contributed by atoms with Crippen LogP contribution in [0.4, 0.5) is 0 Å². The zero-order valence-corrected chi connectivity index (χ0v) is 34.0. The molecule has 2 fully saturated rings. The molecule has 61 heavy (non-hydrogen) atoms. The lowest BCUT2D eigenvalue weighted by Gasteiger charge is -2.27. The molecule has 11 rings (SSSR count). The van der Waals surface area contributed by atoms with Gasteiger partial charge in [-0.2, -0.15) is 0 Å². The highest BCUT2D eigenvalue weighted by Crippen LogP contribution is 2.55. The summed E-state index contributed by atoms with van der Waals surface area (Å²) in [6.07, 6.45) is 6.66. The first-order valence-corrected chi connectivity index (χ1v) is 21.5. The van der Waals surface area contributed by atoms with Crippen LogP contribution in [0.25, 0.3) is 90.1 Å². The maximum atomic E-state index is 5.18. The van der Waals surface area contributed by atoms with E-state index in [1.807, 2.05) is 30.3 Å². The van der Waals surface area contributed by atoms with Crippen molar-refractivity contribution in [1.29, 1.82) is 0 Å². The van der Waals surface area contributed by atoms with Crippen molar-refractivity contribution < 1.29 is 0 Å². The summed E-state index contributed by atoms with van der Waals surface area (Å²) in [5.74, 6) is 2.33. The second kappa shape index (κ2) is 15.7. The van der Waals surface area contributed by atoms with Crippen LogP contribution in [0.5, 0.6) is 0 Å². The van der Waals surface area contributed by atoms with Crippen molar-refractivity contribution in [2.45, 2.75) is 37.5 Å². The fourth-order valence-electron chi connectivity index (χ4n) is 9.68. The van der Waals surface area contributed by atoms with Gasteiger partial charge in [-0.3, -0.25) is 0 Å². The molecule has 2 aliphatic rings. The van der Waals surface area contributed by atoms with E-state index in [-0.39, 0.29) is 0 Å². The van der Waals surface area contributed by atoms with Crippen LogP contribution in [0.2, 0.25) is 0 Å². The fraction of sp³-hybridized carbons (Fsp3) is 0.123. The highest BCUT2D eigenvalue weighted by Gasteiger charge is 2.45. The minimum Gasteiger partial charge on any atom is -0.228 e. The second-order valence-corrected chi connectivity index (χ2v) is 16.8. The number of hydrogen-bond acceptors (Lipinski definition) is 4. The van der Waals surface area contributed by atoms with Crippen LogP contribution < -0.4 is 0 Å². The van der Waals surface area contributed by atoms with Crippen LogP contribution in [-0.2, 0) is 5.41 Å². The summed E-state index contributed by atoms with van der Waals surface area (Å²) in [7, 11) is 0. The van der Waals surface area contributed by atoms with Crippen molar-refractivity contribution in [2.75, 3.05) is 0 Å². The van der Waals surface area contributed by atoms with Crippen molar-refractivity contribution >= 4 is 0 Å². The van der Waals surface area contributed by atoms with Gasteiger partial charge >= 0.3 is 0 Å². The van der Waals surface area contributed by atoms with Crippen molar-refractivity contribution in [2.24, 2.45) is 5.92 Å². The lowest BCUT2D eigenvalue weighted by atomic mass is 9.77. The summed E-state index contributed by atoms with van der Waals surface area (Å²) in [6, 6.07) is 70.6. The molecule has 0 N–H and O–H groups in total. The van der Waals surface area contributed by atoms with E-state index in [1.165, 1.54) is 48.8 Å². The Morgan fingerprint density at radius 1 is 0.311 bits per heavy atom. The smallest absolute Gasteiger partial charge is 0.160 e. The molecule has 7 aromatic carbocycles. The number of aromatic nitrogens is 4. The van der Waals surface area contributed by atoms with Crippen molar-refractivity contribution in [3.63, 3.8) is 0 Å². The summed E-state index contributed by atoms with van der Waals surface area (Å²) in [6.45, 7) is 0. The summed E-state index contributed by atoms with van der Waals surface area (Å²) >= 11 is 0. The highest BCUT2D eigenvalue weighted by molar-refractivity contribution is 5.79. The van der Waals surface area contributed by atoms with Gasteiger partial charge in [0.05, 0.1) is 22.8 Å². The third-order valence-corrected chi connectivity index (χ3v) is 13.0. The molecule has 2 aromatic heterocycles. The molecule has 292 valence electrons. The van der Waals surface area contributed by atoms with Gasteiger partial charge in [0.15, 0.2) is 11.6 Å². The molecule has 2 saturated carbocycles. The van der Waals surface area contributed by atoms with Crippen molar-refractivity contribution in [3.05, 3.63) is 206 Å². The molecule has 0 aliphatic heterocycles. The van der Waals surface area contributed by atoms with Gasteiger partial charge in [-0.15, -0.1) is 0 Å². The van der Waals surface area contributed by atoms with Crippen LogP contribution in [0, 0.1) is 5.92 Å². The number of benzene rings is 7. The molecule has 4 heteroatoms. The van der Waals surface area contributed by atoms with E-state index in [1.54, 1.807) is 0 Å². The Balaban J connectivity index is 0.929. The van der Waals surface area contributed by atoms with Gasteiger partial charge in [-0.1, -0.05) is 176 Å². The summed E-state index contributed by atoms with van der Waals surface area (Å²) < 4.78 is 0. The molecular formula is C57H44N4. The Bertz CT molecular complexity index is 2970. The molecule has 0 atom stereocenters. The summed E-state index contributed by atoms with van der Waals surface area (Å²) in [5, 5.41) is 0. The molecule has 4 nitrogen and oxygen atoms in total. The molecule has 0 amide bonds. The number of nitrogens with zero attached hydrogens (tertiary/aromatic N) is 4. The van der Waals surface area contributed by atoms with Gasteiger partial charge in [-0.25, -0.2) is 19.9 Å². The zero-order valence-electron chi connectivity index (χ0n) is 34.0. The topological polar surface area (TPSA) is 51.6 Å². The molecule has 0 unspecified atom stereocenters. The molecule has 0 saturated heterocycles. The maximum absolute atomic E-state index is 5.18. The van der Waals surface area contributed by atoms with E-state index in [0.29, 0.717) is 11.2 Å². The Morgan fingerprint density at radius 2 is 0.689 bits per heavy atom. The number of rotatable bonds is 9. The monoisotopic (exact) mass is 784 g/mol. The molecular weight excluding hydrogens is 741 g/mol. The van der Waals surface area contributed by atoms with Gasteiger partial charge in [0, 0.05) is 33.4 Å². The van der Waals surface area contributed by atoms with Crippen LogP contribution in [0.1, 0.15) is 37.7 Å². The fourth-order valence-corrected chi connectivity index (χ4v) is 9.68. The Labute approximate surface area is 357 Å². The zero-order chi connectivity index (χ0) is 40.6. The van der Waals surface area contributed by atoms with Gasteiger partial charge in [0.2, 0.25) is 0 Å². The van der Waals surface area contributed by atoms with Crippen LogP contribution in [0.15, 0.2) is 200 Å². The van der Waals surface area contributed by atoms with Gasteiger partial charge in [0.1, 0.15) is 0 Å². The third-order valence-electron chi connectivity index (χ3n) is 13.0. The largest absolute Gasteiger partial charge is 0.228 e.